The van der Waals surface area contributed by atoms with Gasteiger partial charge in [-0.3, -0.25) is 4.79 Å². The second kappa shape index (κ2) is 10.5. The van der Waals surface area contributed by atoms with Crippen LogP contribution in [0.1, 0.15) is 43.4 Å². The van der Waals surface area contributed by atoms with E-state index in [-0.39, 0.29) is 23.4 Å². The van der Waals surface area contributed by atoms with Gasteiger partial charge in [0.2, 0.25) is 0 Å². The van der Waals surface area contributed by atoms with Gasteiger partial charge in [-0.2, -0.15) is 0 Å². The molecule has 1 aliphatic rings. The Labute approximate surface area is 220 Å². The number of halogens is 1. The lowest BCUT2D eigenvalue weighted by atomic mass is 9.82. The van der Waals surface area contributed by atoms with Gasteiger partial charge in [-0.25, -0.2) is 9.18 Å². The topological polar surface area (TPSA) is 110 Å². The molecule has 38 heavy (non-hydrogen) atoms. The van der Waals surface area contributed by atoms with Crippen molar-refractivity contribution < 1.29 is 28.9 Å². The number of carbonyl (C=O) groups is 1. The van der Waals surface area contributed by atoms with E-state index in [1.54, 1.807) is 59.1 Å². The molecular weight excluding hydrogens is 491 g/mol. The third kappa shape index (κ3) is 5.99. The molecule has 1 saturated carbocycles. The summed E-state index contributed by atoms with van der Waals surface area (Å²) >= 11 is 0. The molecule has 4 rings (SSSR count). The highest BCUT2D eigenvalue weighted by Crippen LogP contribution is 2.43. The molecule has 0 spiro atoms. The minimum absolute atomic E-state index is 0.160. The molecule has 202 valence electrons. The Balaban J connectivity index is 1.75. The maximum atomic E-state index is 13.9. The van der Waals surface area contributed by atoms with Crippen molar-refractivity contribution in [3.05, 3.63) is 75.5 Å². The standard InChI is InChI=1S/C29H33FN2O6/c1-16-8-20(30)9-17(2)27(16)38-24-7-6-19(29(3,4)36)12-22(24)23-15-32(5)26(33)13-25(23)37-21-10-18(11-21)14-31-28(34)35/h6-9,12-13,15,18,21,31,36H,10-11,14H2,1-5H3,(H,34,35)/t18-,21-. The number of aromatic nitrogens is 1. The van der Waals surface area contributed by atoms with Gasteiger partial charge in [-0.1, -0.05) is 6.07 Å². The number of carboxylic acid groups (broad SMARTS) is 1. The fourth-order valence-corrected chi connectivity index (χ4v) is 4.64. The van der Waals surface area contributed by atoms with Crippen molar-refractivity contribution in [1.82, 2.24) is 9.88 Å². The van der Waals surface area contributed by atoms with E-state index in [9.17, 15) is 19.1 Å². The Morgan fingerprint density at radius 2 is 1.76 bits per heavy atom. The summed E-state index contributed by atoms with van der Waals surface area (Å²) < 4.78 is 27.9. The zero-order chi connectivity index (χ0) is 27.8. The summed E-state index contributed by atoms with van der Waals surface area (Å²) in [6.45, 7) is 7.24. The van der Waals surface area contributed by atoms with Gasteiger partial charge in [0.15, 0.2) is 0 Å². The second-order valence-corrected chi connectivity index (χ2v) is 10.5. The normalized spacial score (nSPS) is 17.0. The molecule has 0 aliphatic heterocycles. The summed E-state index contributed by atoms with van der Waals surface area (Å²) in [4.78, 5) is 23.4. The van der Waals surface area contributed by atoms with Gasteiger partial charge in [0.25, 0.3) is 5.56 Å². The first-order valence-corrected chi connectivity index (χ1v) is 12.5. The first-order valence-electron chi connectivity index (χ1n) is 12.5. The molecule has 1 aliphatic carbocycles. The Hall–Kier alpha value is -3.85. The van der Waals surface area contributed by atoms with Crippen LogP contribution in [0.25, 0.3) is 11.1 Å². The number of amides is 1. The van der Waals surface area contributed by atoms with E-state index in [4.69, 9.17) is 14.6 Å². The average Bonchev–Trinajstić information content (AvgIpc) is 2.79. The molecule has 1 fully saturated rings. The zero-order valence-electron chi connectivity index (χ0n) is 22.2. The van der Waals surface area contributed by atoms with Crippen LogP contribution in [0.4, 0.5) is 9.18 Å². The fraction of sp³-hybridized carbons (Fsp3) is 0.379. The molecule has 0 radical (unpaired) electrons. The van der Waals surface area contributed by atoms with Gasteiger partial charge in [0, 0.05) is 37.0 Å². The van der Waals surface area contributed by atoms with Crippen LogP contribution in [0, 0.1) is 25.6 Å². The number of benzene rings is 2. The summed E-state index contributed by atoms with van der Waals surface area (Å²) in [5.41, 5.74) is 1.70. The second-order valence-electron chi connectivity index (χ2n) is 10.5. The monoisotopic (exact) mass is 524 g/mol. The smallest absolute Gasteiger partial charge is 0.404 e. The van der Waals surface area contributed by atoms with Crippen LogP contribution < -0.4 is 20.3 Å². The van der Waals surface area contributed by atoms with Crippen LogP contribution in [-0.4, -0.2) is 33.5 Å². The van der Waals surface area contributed by atoms with Crippen molar-refractivity contribution in [2.75, 3.05) is 6.54 Å². The van der Waals surface area contributed by atoms with Crippen molar-refractivity contribution in [2.24, 2.45) is 13.0 Å². The van der Waals surface area contributed by atoms with Crippen LogP contribution in [0.2, 0.25) is 0 Å². The van der Waals surface area contributed by atoms with E-state index >= 15 is 0 Å². The number of aryl methyl sites for hydroxylation is 3. The lowest BCUT2D eigenvalue weighted by Gasteiger charge is -2.35. The van der Waals surface area contributed by atoms with Crippen LogP contribution in [-0.2, 0) is 12.6 Å². The Bertz CT molecular complexity index is 1400. The molecular formula is C29H33FN2O6. The number of hydrogen-bond donors (Lipinski definition) is 3. The molecule has 0 unspecified atom stereocenters. The minimum Gasteiger partial charge on any atom is -0.489 e. The lowest BCUT2D eigenvalue weighted by Crippen LogP contribution is -2.41. The molecule has 1 heterocycles. The Morgan fingerprint density at radius 3 is 2.37 bits per heavy atom. The minimum atomic E-state index is -1.14. The number of pyridine rings is 1. The lowest BCUT2D eigenvalue weighted by molar-refractivity contribution is 0.0647. The predicted molar refractivity (Wildman–Crippen MR) is 141 cm³/mol. The van der Waals surface area contributed by atoms with Crippen molar-refractivity contribution in [3.8, 4) is 28.4 Å². The summed E-state index contributed by atoms with van der Waals surface area (Å²) in [7, 11) is 1.64. The summed E-state index contributed by atoms with van der Waals surface area (Å²) in [6, 6.07) is 9.54. The maximum Gasteiger partial charge on any atom is 0.404 e. The molecule has 1 amide bonds. The van der Waals surface area contributed by atoms with Crippen LogP contribution in [0.5, 0.6) is 17.2 Å². The van der Waals surface area contributed by atoms with Gasteiger partial charge < -0.3 is 29.6 Å². The zero-order valence-corrected chi connectivity index (χ0v) is 22.2. The third-order valence-electron chi connectivity index (χ3n) is 6.83. The number of rotatable bonds is 8. The predicted octanol–water partition coefficient (Wildman–Crippen LogP) is 5.25. The van der Waals surface area contributed by atoms with Gasteiger partial charge in [0.1, 0.15) is 23.1 Å². The number of nitrogens with one attached hydrogen (secondary N) is 1. The number of nitrogens with zero attached hydrogens (tertiary/aromatic N) is 1. The molecule has 3 N–H and O–H groups in total. The molecule has 0 saturated heterocycles. The number of ether oxygens (including phenoxy) is 2. The first kappa shape index (κ1) is 27.2. The number of hydrogen-bond acceptors (Lipinski definition) is 5. The molecule has 3 aromatic rings. The largest absolute Gasteiger partial charge is 0.489 e. The van der Waals surface area contributed by atoms with E-state index in [2.05, 4.69) is 5.32 Å². The van der Waals surface area contributed by atoms with Crippen molar-refractivity contribution in [1.29, 1.82) is 0 Å². The van der Waals surface area contributed by atoms with Gasteiger partial charge in [0.05, 0.1) is 11.7 Å². The summed E-state index contributed by atoms with van der Waals surface area (Å²) in [5, 5.41) is 21.9. The summed E-state index contributed by atoms with van der Waals surface area (Å²) in [5.74, 6) is 1.15. The molecule has 0 atom stereocenters. The highest BCUT2D eigenvalue weighted by atomic mass is 19.1. The number of aliphatic hydroxyl groups is 1. The highest BCUT2D eigenvalue weighted by molar-refractivity contribution is 5.76. The Kier molecular flexibility index (Phi) is 7.51. The molecule has 0 bridgehead atoms. The van der Waals surface area contributed by atoms with Crippen LogP contribution in [0.15, 0.2) is 47.4 Å². The van der Waals surface area contributed by atoms with Gasteiger partial charge in [-0.05, 0) is 87.4 Å². The fourth-order valence-electron chi connectivity index (χ4n) is 4.64. The van der Waals surface area contributed by atoms with Crippen molar-refractivity contribution in [2.45, 2.75) is 52.2 Å². The van der Waals surface area contributed by atoms with E-state index in [1.807, 2.05) is 0 Å². The van der Waals surface area contributed by atoms with E-state index in [1.165, 1.54) is 22.8 Å². The van der Waals surface area contributed by atoms with E-state index < -0.39 is 11.7 Å². The van der Waals surface area contributed by atoms with E-state index in [0.717, 1.165) is 0 Å². The highest BCUT2D eigenvalue weighted by Gasteiger charge is 2.32. The molecule has 2 aromatic carbocycles. The molecule has 9 heteroatoms. The molecule has 8 nitrogen and oxygen atoms in total. The molecule has 1 aromatic heterocycles. The van der Waals surface area contributed by atoms with Gasteiger partial charge >= 0.3 is 6.09 Å². The van der Waals surface area contributed by atoms with Crippen molar-refractivity contribution in [3.63, 3.8) is 0 Å². The SMILES string of the molecule is Cc1cc(F)cc(C)c1Oc1ccc(C(C)(C)O)cc1-c1cn(C)c(=O)cc1O[C@H]1C[C@H](CNC(=O)O)C1. The quantitative estimate of drug-likeness (QED) is 0.371. The van der Waals surface area contributed by atoms with E-state index in [0.29, 0.717) is 64.5 Å². The third-order valence-corrected chi connectivity index (χ3v) is 6.83. The van der Waals surface area contributed by atoms with Gasteiger partial charge in [-0.15, -0.1) is 0 Å². The maximum absolute atomic E-state index is 13.9. The Morgan fingerprint density at radius 1 is 1.11 bits per heavy atom. The summed E-state index contributed by atoms with van der Waals surface area (Å²) in [6.07, 6.45) is 1.73. The van der Waals surface area contributed by atoms with Crippen LogP contribution in [0.3, 0.4) is 0 Å². The first-order chi connectivity index (χ1) is 17.8. The average molecular weight is 525 g/mol. The van der Waals surface area contributed by atoms with Crippen LogP contribution >= 0.6 is 0 Å². The van der Waals surface area contributed by atoms with Crippen molar-refractivity contribution >= 4 is 6.09 Å².